The molecule has 0 saturated carbocycles. The van der Waals surface area contributed by atoms with Gasteiger partial charge < -0.3 is 14.2 Å². The van der Waals surface area contributed by atoms with Gasteiger partial charge >= 0.3 is 5.97 Å². The molecule has 0 fully saturated rings. The van der Waals surface area contributed by atoms with Gasteiger partial charge in [-0.2, -0.15) is 0 Å². The predicted molar refractivity (Wildman–Crippen MR) is 73.5 cm³/mol. The number of hydrogen-bond donors (Lipinski definition) is 0. The van der Waals surface area contributed by atoms with E-state index in [2.05, 4.69) is 0 Å². The van der Waals surface area contributed by atoms with Crippen molar-refractivity contribution in [2.45, 2.75) is 13.3 Å². The van der Waals surface area contributed by atoms with E-state index in [1.54, 1.807) is 30.3 Å². The fourth-order valence-electron chi connectivity index (χ4n) is 1.73. The zero-order valence-corrected chi connectivity index (χ0v) is 11.8. The van der Waals surface area contributed by atoms with E-state index in [4.69, 9.17) is 14.2 Å². The van der Waals surface area contributed by atoms with Crippen molar-refractivity contribution >= 4 is 18.9 Å². The second-order valence-electron chi connectivity index (χ2n) is 4.61. The summed E-state index contributed by atoms with van der Waals surface area (Å²) in [6.07, 6.45) is 0.511. The maximum absolute atomic E-state index is 11.9. The van der Waals surface area contributed by atoms with Crippen LogP contribution in [0.3, 0.4) is 0 Å². The zero-order chi connectivity index (χ0) is 15.6. The monoisotopic (exact) mass is 294 g/mol. The van der Waals surface area contributed by atoms with E-state index in [0.717, 1.165) is 0 Å². The van der Waals surface area contributed by atoms with Crippen LogP contribution in [-0.2, 0) is 23.8 Å². The lowest BCUT2D eigenvalue weighted by molar-refractivity contribution is -0.140. The quantitative estimate of drug-likeness (QED) is 0.370. The van der Waals surface area contributed by atoms with Gasteiger partial charge in [0.25, 0.3) is 12.9 Å². The van der Waals surface area contributed by atoms with E-state index in [9.17, 15) is 14.4 Å². The van der Waals surface area contributed by atoms with Crippen molar-refractivity contribution in [3.8, 4) is 0 Å². The van der Waals surface area contributed by atoms with Crippen LogP contribution in [0.25, 0.3) is 0 Å². The Bertz CT molecular complexity index is 444. The Morgan fingerprint density at radius 1 is 1.05 bits per heavy atom. The average molecular weight is 294 g/mol. The molecule has 0 unspecified atom stereocenters. The summed E-state index contributed by atoms with van der Waals surface area (Å²) in [5.41, 5.74) is -0.318. The third kappa shape index (κ3) is 5.25. The van der Waals surface area contributed by atoms with Crippen molar-refractivity contribution in [1.82, 2.24) is 0 Å². The molecule has 0 N–H and O–H groups in total. The van der Waals surface area contributed by atoms with E-state index in [1.807, 2.05) is 6.92 Å². The van der Waals surface area contributed by atoms with Gasteiger partial charge in [-0.25, -0.2) is 4.79 Å². The highest BCUT2D eigenvalue weighted by Crippen LogP contribution is 2.24. The van der Waals surface area contributed by atoms with Crippen LogP contribution in [0.15, 0.2) is 30.3 Å². The summed E-state index contributed by atoms with van der Waals surface area (Å²) in [6, 6.07) is 8.53. The van der Waals surface area contributed by atoms with Crippen molar-refractivity contribution in [1.29, 1.82) is 0 Å². The van der Waals surface area contributed by atoms with E-state index in [1.165, 1.54) is 0 Å². The molecule has 21 heavy (non-hydrogen) atoms. The smallest absolute Gasteiger partial charge is 0.338 e. The van der Waals surface area contributed by atoms with Gasteiger partial charge in [0.2, 0.25) is 0 Å². The summed E-state index contributed by atoms with van der Waals surface area (Å²) in [5.74, 6) is -0.481. The lowest BCUT2D eigenvalue weighted by Crippen LogP contribution is -2.37. The van der Waals surface area contributed by atoms with Crippen LogP contribution < -0.4 is 0 Å². The van der Waals surface area contributed by atoms with Gasteiger partial charge in [-0.1, -0.05) is 25.1 Å². The lowest BCUT2D eigenvalue weighted by Gasteiger charge is -2.29. The highest BCUT2D eigenvalue weighted by Gasteiger charge is 2.32. The van der Waals surface area contributed by atoms with Crippen LogP contribution in [0, 0.1) is 5.41 Å². The molecule has 0 radical (unpaired) electrons. The van der Waals surface area contributed by atoms with Crippen molar-refractivity contribution in [3.63, 3.8) is 0 Å². The Hall–Kier alpha value is -2.37. The van der Waals surface area contributed by atoms with Gasteiger partial charge in [0.15, 0.2) is 0 Å². The van der Waals surface area contributed by atoms with E-state index in [0.29, 0.717) is 24.9 Å². The van der Waals surface area contributed by atoms with Crippen molar-refractivity contribution in [2.75, 3.05) is 19.8 Å². The molecule has 0 aliphatic rings. The third-order valence-electron chi connectivity index (χ3n) is 3.18. The molecule has 0 atom stereocenters. The van der Waals surface area contributed by atoms with Crippen LogP contribution in [-0.4, -0.2) is 38.7 Å². The number of esters is 1. The predicted octanol–water partition coefficient (Wildman–Crippen LogP) is 1.59. The molecule has 1 aromatic rings. The normalized spacial score (nSPS) is 10.5. The number of carbonyl (C=O) groups excluding carboxylic acids is 3. The summed E-state index contributed by atoms with van der Waals surface area (Å²) in [7, 11) is 0. The largest absolute Gasteiger partial charge is 0.467 e. The minimum absolute atomic E-state index is 0.00289. The molecule has 0 saturated heterocycles. The van der Waals surface area contributed by atoms with Crippen LogP contribution >= 0.6 is 0 Å². The summed E-state index contributed by atoms with van der Waals surface area (Å²) < 4.78 is 14.8. The van der Waals surface area contributed by atoms with Gasteiger partial charge in [0.1, 0.15) is 19.8 Å². The number of benzene rings is 1. The fourth-order valence-corrected chi connectivity index (χ4v) is 1.73. The summed E-state index contributed by atoms with van der Waals surface area (Å²) in [5, 5.41) is 0. The van der Waals surface area contributed by atoms with Crippen LogP contribution in [0.5, 0.6) is 0 Å². The highest BCUT2D eigenvalue weighted by atomic mass is 16.6. The van der Waals surface area contributed by atoms with Gasteiger partial charge in [-0.05, 0) is 18.6 Å². The van der Waals surface area contributed by atoms with Crippen molar-refractivity contribution < 1.29 is 28.6 Å². The minimum Gasteiger partial charge on any atom is -0.467 e. The summed E-state index contributed by atoms with van der Waals surface area (Å²) in [6.45, 7) is 2.44. The maximum atomic E-state index is 11.9. The first-order valence-corrected chi connectivity index (χ1v) is 6.50. The molecular formula is C15H18O6. The molecule has 0 amide bonds. The molecule has 6 heteroatoms. The van der Waals surface area contributed by atoms with Crippen LogP contribution in [0.1, 0.15) is 23.7 Å². The molecule has 0 bridgehead atoms. The Morgan fingerprint density at radius 2 is 1.62 bits per heavy atom. The Labute approximate surface area is 123 Å². The standard InChI is InChI=1S/C15H18O6/c1-2-15(8-19-11-16,9-20-12-17)10-21-14(18)13-6-4-3-5-7-13/h3-7,11-12H,2,8-10H2,1H3. The summed E-state index contributed by atoms with van der Waals surface area (Å²) in [4.78, 5) is 32.6. The average Bonchev–Trinajstić information content (AvgIpc) is 2.55. The fraction of sp³-hybridized carbons (Fsp3) is 0.400. The van der Waals surface area contributed by atoms with E-state index < -0.39 is 11.4 Å². The minimum atomic E-state index is -0.744. The van der Waals surface area contributed by atoms with Crippen LogP contribution in [0.4, 0.5) is 0 Å². The molecule has 0 heterocycles. The van der Waals surface area contributed by atoms with Gasteiger partial charge in [0, 0.05) is 0 Å². The first kappa shape index (κ1) is 16.7. The molecule has 6 nitrogen and oxygen atoms in total. The van der Waals surface area contributed by atoms with Crippen LogP contribution in [0.2, 0.25) is 0 Å². The Kier molecular flexibility index (Phi) is 6.94. The van der Waals surface area contributed by atoms with Gasteiger partial charge in [-0.15, -0.1) is 0 Å². The second kappa shape index (κ2) is 8.73. The molecule has 114 valence electrons. The lowest BCUT2D eigenvalue weighted by atomic mass is 9.88. The molecule has 0 aliphatic carbocycles. The molecule has 0 spiro atoms. The number of carbonyl (C=O) groups is 3. The SMILES string of the molecule is CCC(COC=O)(COC=O)COC(=O)c1ccccc1. The van der Waals surface area contributed by atoms with E-state index >= 15 is 0 Å². The second-order valence-corrected chi connectivity index (χ2v) is 4.61. The summed E-state index contributed by atoms with van der Waals surface area (Å²) >= 11 is 0. The van der Waals surface area contributed by atoms with Crippen molar-refractivity contribution in [2.24, 2.45) is 5.41 Å². The molecular weight excluding hydrogens is 276 g/mol. The molecule has 1 rings (SSSR count). The number of rotatable bonds is 10. The van der Waals surface area contributed by atoms with Gasteiger partial charge in [0.05, 0.1) is 11.0 Å². The third-order valence-corrected chi connectivity index (χ3v) is 3.18. The Balaban J connectivity index is 2.68. The number of ether oxygens (including phenoxy) is 3. The maximum Gasteiger partial charge on any atom is 0.338 e. The highest BCUT2D eigenvalue weighted by molar-refractivity contribution is 5.89. The van der Waals surface area contributed by atoms with Gasteiger partial charge in [-0.3, -0.25) is 9.59 Å². The first-order valence-electron chi connectivity index (χ1n) is 6.50. The topological polar surface area (TPSA) is 78.9 Å². The molecule has 0 aliphatic heterocycles. The molecule has 1 aromatic carbocycles. The zero-order valence-electron chi connectivity index (χ0n) is 11.8. The number of hydrogen-bond acceptors (Lipinski definition) is 6. The first-order chi connectivity index (χ1) is 10.2. The molecule has 0 aromatic heterocycles. The van der Waals surface area contributed by atoms with Crippen molar-refractivity contribution in [3.05, 3.63) is 35.9 Å². The Morgan fingerprint density at radius 3 is 2.10 bits per heavy atom. The van der Waals surface area contributed by atoms with E-state index in [-0.39, 0.29) is 19.8 Å².